The molecule has 0 atom stereocenters. The van der Waals surface area contributed by atoms with Crippen LogP contribution in [0.2, 0.25) is 0 Å². The lowest BCUT2D eigenvalue weighted by Gasteiger charge is -2.19. The monoisotopic (exact) mass is 602 g/mol. The maximum atomic E-state index is 6.37. The first-order valence-corrected chi connectivity index (χ1v) is 16.0. The molecule has 2 heterocycles. The van der Waals surface area contributed by atoms with E-state index in [-0.39, 0.29) is 0 Å². The number of rotatable bonds is 5. The second-order valence-electron chi connectivity index (χ2n) is 12.1. The summed E-state index contributed by atoms with van der Waals surface area (Å²) < 4.78 is 12.6. The van der Waals surface area contributed by atoms with Crippen molar-refractivity contribution in [2.45, 2.75) is 6.42 Å². The third-order valence-electron chi connectivity index (χ3n) is 9.34. The third-order valence-corrected chi connectivity index (χ3v) is 9.34. The van der Waals surface area contributed by atoms with Gasteiger partial charge >= 0.3 is 0 Å². The molecular weight excluding hydrogens is 572 g/mol. The lowest BCUT2D eigenvalue weighted by molar-refractivity contribution is 0.633. The van der Waals surface area contributed by atoms with Crippen molar-refractivity contribution in [2.75, 3.05) is 0 Å². The van der Waals surface area contributed by atoms with Crippen molar-refractivity contribution in [3.63, 3.8) is 0 Å². The SMILES string of the molecule is C=C(c1ccc(-c2ccc3oc4c(ccc5c6ccccc6oc54)c3c2)cc1)c1ccccc1/C(=C1/C=CC=CC1)c1ccccc1. The summed E-state index contributed by atoms with van der Waals surface area (Å²) in [5, 5.41) is 4.31. The molecule has 0 amide bonds. The summed E-state index contributed by atoms with van der Waals surface area (Å²) in [5.41, 5.74) is 13.8. The Hall–Kier alpha value is -6.12. The second-order valence-corrected chi connectivity index (χ2v) is 12.1. The fraction of sp³-hybridized carbons (Fsp3) is 0.0222. The average Bonchev–Trinajstić information content (AvgIpc) is 3.71. The fourth-order valence-corrected chi connectivity index (χ4v) is 7.00. The summed E-state index contributed by atoms with van der Waals surface area (Å²) in [6.45, 7) is 4.61. The largest absolute Gasteiger partial charge is 0.452 e. The molecule has 0 N–H and O–H groups in total. The van der Waals surface area contributed by atoms with Gasteiger partial charge in [0.15, 0.2) is 11.2 Å². The Balaban J connectivity index is 1.08. The molecule has 0 bridgehead atoms. The van der Waals surface area contributed by atoms with Gasteiger partial charge in [0.05, 0.1) is 0 Å². The highest BCUT2D eigenvalue weighted by atomic mass is 16.4. The van der Waals surface area contributed by atoms with E-state index < -0.39 is 0 Å². The molecule has 2 aromatic heterocycles. The molecule has 0 spiro atoms. The highest BCUT2D eigenvalue weighted by Crippen LogP contribution is 2.40. The van der Waals surface area contributed by atoms with E-state index in [0.717, 1.165) is 78.1 Å². The van der Waals surface area contributed by atoms with Crippen molar-refractivity contribution < 1.29 is 8.83 Å². The van der Waals surface area contributed by atoms with Gasteiger partial charge in [0.2, 0.25) is 0 Å². The number of para-hydroxylation sites is 1. The quantitative estimate of drug-likeness (QED) is 0.196. The molecule has 8 aromatic rings. The van der Waals surface area contributed by atoms with Crippen molar-refractivity contribution in [1.82, 2.24) is 0 Å². The topological polar surface area (TPSA) is 26.3 Å². The van der Waals surface area contributed by atoms with Crippen LogP contribution in [0.15, 0.2) is 179 Å². The Morgan fingerprint density at radius 3 is 1.94 bits per heavy atom. The summed E-state index contributed by atoms with van der Waals surface area (Å²) in [6, 6.07) is 46.9. The Bertz CT molecular complexity index is 2590. The van der Waals surface area contributed by atoms with Gasteiger partial charge in [-0.25, -0.2) is 0 Å². The standard InChI is InChI=1S/C45H30O2/c1-29(35-16-8-9-18-37(35)43(32-12-4-2-5-13-32)33-14-6-3-7-15-33)30-20-22-31(23-21-30)34-24-27-42-40(28-34)39-26-25-38-36-17-10-11-19-41(36)46-44(38)45(39)47-42/h2-14,16-28H,1,15H2/b43-33-. The zero-order chi connectivity index (χ0) is 31.3. The normalized spacial score (nSPS) is 14.0. The number of allylic oxidation sites excluding steroid dienone is 5. The molecule has 0 saturated carbocycles. The molecule has 0 fully saturated rings. The zero-order valence-electron chi connectivity index (χ0n) is 25.7. The van der Waals surface area contributed by atoms with Crippen LogP contribution in [0, 0.1) is 0 Å². The van der Waals surface area contributed by atoms with E-state index in [0.29, 0.717) is 0 Å². The molecule has 6 aromatic carbocycles. The Kier molecular flexibility index (Phi) is 6.39. The molecule has 0 aliphatic heterocycles. The van der Waals surface area contributed by atoms with Crippen LogP contribution in [0.3, 0.4) is 0 Å². The van der Waals surface area contributed by atoms with Gasteiger partial charge in [-0.2, -0.15) is 0 Å². The molecule has 2 nitrogen and oxygen atoms in total. The van der Waals surface area contributed by atoms with Crippen LogP contribution in [0.4, 0.5) is 0 Å². The van der Waals surface area contributed by atoms with E-state index >= 15 is 0 Å². The van der Waals surface area contributed by atoms with E-state index in [2.05, 4.69) is 146 Å². The smallest absolute Gasteiger partial charge is 0.178 e. The highest BCUT2D eigenvalue weighted by Gasteiger charge is 2.18. The maximum absolute atomic E-state index is 6.37. The van der Waals surface area contributed by atoms with Gasteiger partial charge in [0, 0.05) is 21.5 Å². The summed E-state index contributed by atoms with van der Waals surface area (Å²) in [5.74, 6) is 0. The summed E-state index contributed by atoms with van der Waals surface area (Å²) in [7, 11) is 0. The molecule has 9 rings (SSSR count). The van der Waals surface area contributed by atoms with E-state index in [1.807, 2.05) is 18.2 Å². The molecule has 1 aliphatic carbocycles. The zero-order valence-corrected chi connectivity index (χ0v) is 25.7. The van der Waals surface area contributed by atoms with Crippen LogP contribution in [0.25, 0.3) is 66.2 Å². The first-order valence-electron chi connectivity index (χ1n) is 16.0. The van der Waals surface area contributed by atoms with Gasteiger partial charge in [-0.1, -0.05) is 134 Å². The number of hydrogen-bond donors (Lipinski definition) is 0. The average molecular weight is 603 g/mol. The number of benzene rings is 6. The van der Waals surface area contributed by atoms with Gasteiger partial charge in [0.25, 0.3) is 0 Å². The summed E-state index contributed by atoms with van der Waals surface area (Å²) in [6.07, 6.45) is 9.59. The van der Waals surface area contributed by atoms with Crippen LogP contribution in [0.5, 0.6) is 0 Å². The van der Waals surface area contributed by atoms with Crippen LogP contribution >= 0.6 is 0 Å². The lowest BCUT2D eigenvalue weighted by Crippen LogP contribution is -1.99. The minimum absolute atomic E-state index is 0.792. The van der Waals surface area contributed by atoms with Crippen molar-refractivity contribution in [3.8, 4) is 11.1 Å². The Morgan fingerprint density at radius 2 is 1.17 bits per heavy atom. The predicted octanol–water partition coefficient (Wildman–Crippen LogP) is 12.5. The predicted molar refractivity (Wildman–Crippen MR) is 196 cm³/mol. The van der Waals surface area contributed by atoms with E-state index in [9.17, 15) is 0 Å². The van der Waals surface area contributed by atoms with E-state index in [1.165, 1.54) is 22.3 Å². The van der Waals surface area contributed by atoms with Gasteiger partial charge < -0.3 is 8.83 Å². The number of hydrogen-bond acceptors (Lipinski definition) is 2. The molecule has 47 heavy (non-hydrogen) atoms. The van der Waals surface area contributed by atoms with Gasteiger partial charge in [-0.15, -0.1) is 0 Å². The van der Waals surface area contributed by atoms with Gasteiger partial charge in [0.1, 0.15) is 11.2 Å². The lowest BCUT2D eigenvalue weighted by atomic mass is 9.84. The summed E-state index contributed by atoms with van der Waals surface area (Å²) >= 11 is 0. The minimum Gasteiger partial charge on any atom is -0.452 e. The number of furan rings is 2. The Morgan fingerprint density at radius 1 is 0.511 bits per heavy atom. The molecule has 2 heteroatoms. The van der Waals surface area contributed by atoms with Crippen molar-refractivity contribution in [1.29, 1.82) is 0 Å². The molecule has 222 valence electrons. The molecule has 0 radical (unpaired) electrons. The fourth-order valence-electron chi connectivity index (χ4n) is 7.00. The molecule has 1 aliphatic rings. The van der Waals surface area contributed by atoms with Crippen LogP contribution in [-0.2, 0) is 0 Å². The third kappa shape index (κ3) is 4.57. The van der Waals surface area contributed by atoms with Crippen molar-refractivity contribution in [2.24, 2.45) is 0 Å². The first kappa shape index (κ1) is 27.2. The first-order chi connectivity index (χ1) is 23.2. The van der Waals surface area contributed by atoms with Crippen LogP contribution < -0.4 is 0 Å². The highest BCUT2D eigenvalue weighted by molar-refractivity contribution is 6.19. The van der Waals surface area contributed by atoms with Gasteiger partial charge in [-0.3, -0.25) is 0 Å². The molecule has 0 saturated heterocycles. The van der Waals surface area contributed by atoms with E-state index in [1.54, 1.807) is 0 Å². The number of fused-ring (bicyclic) bond motifs is 7. The van der Waals surface area contributed by atoms with Crippen molar-refractivity contribution >= 4 is 55.0 Å². The van der Waals surface area contributed by atoms with Gasteiger partial charge in [-0.05, 0) is 86.9 Å². The van der Waals surface area contributed by atoms with Crippen LogP contribution in [0.1, 0.15) is 28.7 Å². The van der Waals surface area contributed by atoms with E-state index in [4.69, 9.17) is 8.83 Å². The Labute approximate surface area is 272 Å². The van der Waals surface area contributed by atoms with Crippen LogP contribution in [-0.4, -0.2) is 0 Å². The second kappa shape index (κ2) is 11.0. The molecular formula is C45H30O2. The van der Waals surface area contributed by atoms with Crippen molar-refractivity contribution in [3.05, 3.63) is 192 Å². The maximum Gasteiger partial charge on any atom is 0.178 e. The summed E-state index contributed by atoms with van der Waals surface area (Å²) in [4.78, 5) is 0. The minimum atomic E-state index is 0.792. The molecule has 0 unspecified atom stereocenters.